The van der Waals surface area contributed by atoms with Gasteiger partial charge in [0.2, 0.25) is 12.2 Å². The van der Waals surface area contributed by atoms with Gasteiger partial charge in [-0.1, -0.05) is 0 Å². The Morgan fingerprint density at radius 3 is 1.05 bits per heavy atom. The van der Waals surface area contributed by atoms with E-state index in [4.69, 9.17) is 30.6 Å². The van der Waals surface area contributed by atoms with Gasteiger partial charge in [-0.25, -0.2) is 24.0 Å². The van der Waals surface area contributed by atoms with Crippen molar-refractivity contribution in [3.8, 4) is 0 Å². The van der Waals surface area contributed by atoms with Crippen LogP contribution in [0.15, 0.2) is 0 Å². The first kappa shape index (κ1) is 19.1. The van der Waals surface area contributed by atoms with E-state index < -0.39 is 54.4 Å². The molecule has 4 unspecified atom stereocenters. The SMILES string of the molecule is O=C(OC(C(=O)O)C(O)C(=O)O)OC(C(=O)O)C(O)C(=O)O. The summed E-state index contributed by atoms with van der Waals surface area (Å²) >= 11 is 0. The Morgan fingerprint density at radius 1 is 0.591 bits per heavy atom. The molecule has 124 valence electrons. The van der Waals surface area contributed by atoms with E-state index in [2.05, 4.69) is 9.47 Å². The van der Waals surface area contributed by atoms with Crippen molar-refractivity contribution in [1.82, 2.24) is 0 Å². The third-order valence-electron chi connectivity index (χ3n) is 2.01. The lowest BCUT2D eigenvalue weighted by Crippen LogP contribution is -2.46. The predicted octanol–water partition coefficient (Wildman–Crippen LogP) is -3.06. The van der Waals surface area contributed by atoms with Gasteiger partial charge in [0, 0.05) is 0 Å². The molecule has 0 aliphatic carbocycles. The van der Waals surface area contributed by atoms with Crippen LogP contribution in [0.4, 0.5) is 4.79 Å². The zero-order valence-electron chi connectivity index (χ0n) is 10.4. The lowest BCUT2D eigenvalue weighted by Gasteiger charge is -2.19. The molecule has 0 spiro atoms. The smallest absolute Gasteiger partial charge is 0.479 e. The van der Waals surface area contributed by atoms with Gasteiger partial charge >= 0.3 is 30.0 Å². The second-order valence-corrected chi connectivity index (χ2v) is 3.57. The monoisotopic (exact) mass is 326 g/mol. The van der Waals surface area contributed by atoms with Crippen LogP contribution in [0.1, 0.15) is 0 Å². The summed E-state index contributed by atoms with van der Waals surface area (Å²) in [7, 11) is 0. The Morgan fingerprint density at radius 2 is 0.864 bits per heavy atom. The van der Waals surface area contributed by atoms with E-state index in [1.54, 1.807) is 0 Å². The number of rotatable bonds is 8. The molecule has 0 aromatic rings. The molecule has 0 saturated carbocycles. The van der Waals surface area contributed by atoms with Crippen molar-refractivity contribution in [2.45, 2.75) is 24.4 Å². The second kappa shape index (κ2) is 7.75. The third kappa shape index (κ3) is 5.22. The minimum Gasteiger partial charge on any atom is -0.479 e. The molecule has 0 saturated heterocycles. The zero-order chi connectivity index (χ0) is 17.6. The van der Waals surface area contributed by atoms with E-state index in [-0.39, 0.29) is 0 Å². The van der Waals surface area contributed by atoms with Crippen molar-refractivity contribution in [3.05, 3.63) is 0 Å². The highest BCUT2D eigenvalue weighted by Gasteiger charge is 2.40. The van der Waals surface area contributed by atoms with Crippen LogP contribution in [0, 0.1) is 0 Å². The van der Waals surface area contributed by atoms with E-state index in [0.717, 1.165) is 0 Å². The molecule has 4 atom stereocenters. The highest BCUT2D eigenvalue weighted by Crippen LogP contribution is 2.08. The standard InChI is InChI=1S/C9H10O13/c10-1(5(12)13)3(7(16)17)21-9(20)22-4(8(18)19)2(11)6(14)15/h1-4,10-11H,(H,12,13)(H,14,15)(H,16,17)(H,18,19). The molecule has 0 heterocycles. The number of aliphatic carboxylic acids is 4. The number of carbonyl (C=O) groups excluding carboxylic acids is 1. The van der Waals surface area contributed by atoms with E-state index in [0.29, 0.717) is 0 Å². The van der Waals surface area contributed by atoms with E-state index in [9.17, 15) is 24.0 Å². The quantitative estimate of drug-likeness (QED) is 0.244. The molecule has 13 heteroatoms. The zero-order valence-corrected chi connectivity index (χ0v) is 10.4. The number of carboxylic acids is 4. The van der Waals surface area contributed by atoms with E-state index in [1.165, 1.54) is 0 Å². The molecule has 0 fully saturated rings. The molecule has 6 N–H and O–H groups in total. The van der Waals surface area contributed by atoms with Crippen molar-refractivity contribution in [3.63, 3.8) is 0 Å². The normalized spacial score (nSPS) is 15.7. The third-order valence-corrected chi connectivity index (χ3v) is 2.01. The summed E-state index contributed by atoms with van der Waals surface area (Å²) in [6, 6.07) is 0. The Labute approximate surface area is 119 Å². The first-order chi connectivity index (χ1) is 9.98. The van der Waals surface area contributed by atoms with Gasteiger partial charge in [0.25, 0.3) is 0 Å². The number of carbonyl (C=O) groups is 5. The van der Waals surface area contributed by atoms with Gasteiger partial charge in [0.05, 0.1) is 0 Å². The topological polar surface area (TPSA) is 225 Å². The number of ether oxygens (including phenoxy) is 2. The maximum absolute atomic E-state index is 11.1. The van der Waals surface area contributed by atoms with Crippen molar-refractivity contribution in [2.75, 3.05) is 0 Å². The van der Waals surface area contributed by atoms with Gasteiger partial charge in [-0.3, -0.25) is 0 Å². The molecule has 0 aliphatic rings. The van der Waals surface area contributed by atoms with Crippen LogP contribution in [-0.4, -0.2) is 85.1 Å². The van der Waals surface area contributed by atoms with Gasteiger partial charge in [-0.2, -0.15) is 0 Å². The van der Waals surface area contributed by atoms with Crippen LogP contribution in [0.3, 0.4) is 0 Å². The van der Waals surface area contributed by atoms with E-state index in [1.807, 2.05) is 0 Å². The molecular formula is C9H10O13. The van der Waals surface area contributed by atoms with Crippen LogP contribution in [0.5, 0.6) is 0 Å². The van der Waals surface area contributed by atoms with Crippen molar-refractivity contribution in [1.29, 1.82) is 0 Å². The average Bonchev–Trinajstić information content (AvgIpc) is 2.39. The number of carboxylic acid groups (broad SMARTS) is 4. The first-order valence-electron chi connectivity index (χ1n) is 5.13. The Balaban J connectivity index is 5.01. The average molecular weight is 326 g/mol. The molecule has 22 heavy (non-hydrogen) atoms. The summed E-state index contributed by atoms with van der Waals surface area (Å²) in [5, 5.41) is 51.9. The summed E-state index contributed by atoms with van der Waals surface area (Å²) in [6.45, 7) is 0. The number of aliphatic hydroxyl groups excluding tert-OH is 2. The highest BCUT2D eigenvalue weighted by molar-refractivity contribution is 5.86. The van der Waals surface area contributed by atoms with Gasteiger partial charge in [0.15, 0.2) is 12.2 Å². The second-order valence-electron chi connectivity index (χ2n) is 3.57. The van der Waals surface area contributed by atoms with Gasteiger partial charge in [-0.05, 0) is 0 Å². The highest BCUT2D eigenvalue weighted by atomic mass is 16.7. The van der Waals surface area contributed by atoms with Crippen molar-refractivity contribution in [2.24, 2.45) is 0 Å². The summed E-state index contributed by atoms with van der Waals surface area (Å²) < 4.78 is 7.77. The Hall–Kier alpha value is -2.93. The summed E-state index contributed by atoms with van der Waals surface area (Å²) in [4.78, 5) is 53.2. The minimum absolute atomic E-state index is 2.07. The maximum atomic E-state index is 11.1. The molecule has 0 bridgehead atoms. The molecule has 0 aliphatic heterocycles. The maximum Gasteiger partial charge on any atom is 0.510 e. The lowest BCUT2D eigenvalue weighted by atomic mass is 10.2. The molecule has 0 rings (SSSR count). The van der Waals surface area contributed by atoms with E-state index >= 15 is 0 Å². The molecule has 0 amide bonds. The van der Waals surface area contributed by atoms with Crippen molar-refractivity contribution >= 4 is 30.0 Å². The Kier molecular flexibility index (Phi) is 6.72. The number of aliphatic hydroxyl groups is 2. The van der Waals surface area contributed by atoms with Gasteiger partial charge < -0.3 is 40.1 Å². The van der Waals surface area contributed by atoms with Crippen molar-refractivity contribution < 1.29 is 64.1 Å². The van der Waals surface area contributed by atoms with Crippen LogP contribution in [0.2, 0.25) is 0 Å². The summed E-state index contributed by atoms with van der Waals surface area (Å²) in [5.41, 5.74) is 0. The van der Waals surface area contributed by atoms with Crippen LogP contribution < -0.4 is 0 Å². The Bertz CT molecular complexity index is 440. The number of hydrogen-bond acceptors (Lipinski definition) is 9. The molecule has 0 radical (unpaired) electrons. The molecular weight excluding hydrogens is 316 g/mol. The fraction of sp³-hybridized carbons (Fsp3) is 0.444. The van der Waals surface area contributed by atoms with Crippen LogP contribution in [0.25, 0.3) is 0 Å². The van der Waals surface area contributed by atoms with Crippen LogP contribution in [-0.2, 0) is 28.7 Å². The van der Waals surface area contributed by atoms with Crippen LogP contribution >= 0.6 is 0 Å². The lowest BCUT2D eigenvalue weighted by molar-refractivity contribution is -0.174. The van der Waals surface area contributed by atoms with Gasteiger partial charge in [0.1, 0.15) is 0 Å². The molecule has 0 aromatic heterocycles. The van der Waals surface area contributed by atoms with Gasteiger partial charge in [-0.15, -0.1) is 0 Å². The predicted molar refractivity (Wildman–Crippen MR) is 57.7 cm³/mol. The summed E-state index contributed by atoms with van der Waals surface area (Å²) in [5.74, 6) is -8.34. The molecule has 13 nitrogen and oxygen atoms in total. The fourth-order valence-corrected chi connectivity index (χ4v) is 0.994. The summed E-state index contributed by atoms with van der Waals surface area (Å²) in [6.07, 6.45) is -12.8. The first-order valence-corrected chi connectivity index (χ1v) is 5.13. The minimum atomic E-state index is -2.70. The number of hydrogen-bond donors (Lipinski definition) is 6. The molecule has 0 aromatic carbocycles. The largest absolute Gasteiger partial charge is 0.510 e. The fourth-order valence-electron chi connectivity index (χ4n) is 0.994.